The number of Topliss-reactive ketones (excluding diaryl/α,β-unsaturated/α-hetero) is 1. The van der Waals surface area contributed by atoms with Gasteiger partial charge in [0.1, 0.15) is 11.6 Å². The maximum Gasteiger partial charge on any atom is 0.261 e. The van der Waals surface area contributed by atoms with E-state index in [4.69, 9.17) is 4.98 Å². The van der Waals surface area contributed by atoms with Gasteiger partial charge in [-0.3, -0.25) is 14.2 Å². The van der Waals surface area contributed by atoms with Gasteiger partial charge >= 0.3 is 0 Å². The Morgan fingerprint density at radius 2 is 1.65 bits per heavy atom. The summed E-state index contributed by atoms with van der Waals surface area (Å²) in [5.41, 5.74) is 4.15. The van der Waals surface area contributed by atoms with Gasteiger partial charge in [-0.25, -0.2) is 4.98 Å². The molecule has 1 atom stereocenters. The molecule has 248 valence electrons. The SMILES string of the molecule is C=c1c(C#N)c(O)n(C(C)C(=O)C(C)(C)C)c(=O)/c1=C\c1sc(N(CCCC)CCCC)nc1-c1c(CC)cc(CC)cc1CC. The Morgan fingerprint density at radius 1 is 1.09 bits per heavy atom. The molecule has 0 saturated heterocycles. The summed E-state index contributed by atoms with van der Waals surface area (Å²) in [7, 11) is 0. The van der Waals surface area contributed by atoms with E-state index in [9.17, 15) is 20.0 Å². The molecule has 2 heterocycles. The van der Waals surface area contributed by atoms with Crippen LogP contribution in [0.4, 0.5) is 5.13 Å². The third-order valence-corrected chi connectivity index (χ3v) is 9.73. The first kappa shape index (κ1) is 36.8. The Kier molecular flexibility index (Phi) is 12.6. The number of aryl methyl sites for hydroxylation is 3. The number of rotatable bonds is 14. The zero-order valence-corrected chi connectivity index (χ0v) is 30.2. The summed E-state index contributed by atoms with van der Waals surface area (Å²) in [5, 5.41) is 22.4. The van der Waals surface area contributed by atoms with Gasteiger partial charge in [0.25, 0.3) is 5.56 Å². The van der Waals surface area contributed by atoms with Crippen LogP contribution >= 0.6 is 11.3 Å². The van der Waals surface area contributed by atoms with E-state index in [1.165, 1.54) is 28.0 Å². The first-order chi connectivity index (χ1) is 21.8. The van der Waals surface area contributed by atoms with E-state index in [0.717, 1.165) is 83.9 Å². The number of anilines is 1. The van der Waals surface area contributed by atoms with Gasteiger partial charge in [-0.2, -0.15) is 5.26 Å². The lowest BCUT2D eigenvalue weighted by molar-refractivity contribution is -0.129. The minimum Gasteiger partial charge on any atom is -0.493 e. The summed E-state index contributed by atoms with van der Waals surface area (Å²) in [4.78, 5) is 36.0. The van der Waals surface area contributed by atoms with Crippen molar-refractivity contribution in [2.24, 2.45) is 5.41 Å². The van der Waals surface area contributed by atoms with Crippen molar-refractivity contribution >= 4 is 34.9 Å². The second-order valence-corrected chi connectivity index (χ2v) is 14.1. The van der Waals surface area contributed by atoms with Crippen LogP contribution in [0.25, 0.3) is 23.9 Å². The van der Waals surface area contributed by atoms with E-state index in [0.29, 0.717) is 0 Å². The first-order valence-electron chi connectivity index (χ1n) is 16.8. The van der Waals surface area contributed by atoms with Crippen LogP contribution in [0.1, 0.15) is 121 Å². The fourth-order valence-corrected chi connectivity index (χ4v) is 6.95. The number of carbonyl (C=O) groups excluding carboxylic acids is 1. The van der Waals surface area contributed by atoms with Crippen molar-refractivity contribution in [3.8, 4) is 23.2 Å². The highest BCUT2D eigenvalue weighted by Crippen LogP contribution is 2.39. The lowest BCUT2D eigenvalue weighted by atomic mass is 9.87. The Balaban J connectivity index is 2.50. The lowest BCUT2D eigenvalue weighted by Gasteiger charge is -2.24. The number of hydrogen-bond acceptors (Lipinski definition) is 7. The molecule has 1 N–H and O–H groups in total. The molecule has 0 aliphatic rings. The van der Waals surface area contributed by atoms with E-state index in [1.807, 2.05) is 6.07 Å². The van der Waals surface area contributed by atoms with Gasteiger partial charge in [0.05, 0.1) is 16.6 Å². The van der Waals surface area contributed by atoms with E-state index < -0.39 is 22.9 Å². The van der Waals surface area contributed by atoms with Gasteiger partial charge in [0.15, 0.2) is 10.9 Å². The highest BCUT2D eigenvalue weighted by atomic mass is 32.1. The van der Waals surface area contributed by atoms with Gasteiger partial charge in [0.2, 0.25) is 5.88 Å². The standard InChI is InChI=1S/C38H52N4O3S/c1-11-16-18-41(19-17-12-2)37-40-33(32-27(14-4)20-26(13-3)21-28(32)15-5)31(46-37)22-29-24(6)30(23-39)36(45)42(35(29)44)25(7)34(43)38(8,9)10/h20-22,25,45H,6,11-19H2,1-5,7-10H3/b29-22-. The zero-order chi connectivity index (χ0) is 34.3. The van der Waals surface area contributed by atoms with Crippen LogP contribution in [0, 0.1) is 16.7 Å². The summed E-state index contributed by atoms with van der Waals surface area (Å²) in [5.74, 6) is -0.761. The smallest absolute Gasteiger partial charge is 0.261 e. The largest absolute Gasteiger partial charge is 0.493 e. The monoisotopic (exact) mass is 644 g/mol. The van der Waals surface area contributed by atoms with Gasteiger partial charge in [-0.05, 0) is 61.8 Å². The minimum absolute atomic E-state index is 0.117. The van der Waals surface area contributed by atoms with Crippen LogP contribution in [0.15, 0.2) is 16.9 Å². The summed E-state index contributed by atoms with van der Waals surface area (Å²) in [6.45, 7) is 23.6. The Labute approximate surface area is 278 Å². The van der Waals surface area contributed by atoms with Crippen LogP contribution in [-0.4, -0.2) is 33.5 Å². The van der Waals surface area contributed by atoms with E-state index in [1.54, 1.807) is 33.8 Å². The van der Waals surface area contributed by atoms with Crippen LogP contribution in [0.3, 0.4) is 0 Å². The third kappa shape index (κ3) is 7.63. The summed E-state index contributed by atoms with van der Waals surface area (Å²) < 4.78 is 1.05. The van der Waals surface area contributed by atoms with E-state index >= 15 is 0 Å². The molecule has 1 unspecified atom stereocenters. The number of unbranched alkanes of at least 4 members (excludes halogenated alkanes) is 2. The van der Waals surface area contributed by atoms with Gasteiger partial charge in [-0.15, -0.1) is 0 Å². The molecule has 0 aliphatic carbocycles. The summed E-state index contributed by atoms with van der Waals surface area (Å²) >= 11 is 1.54. The van der Waals surface area contributed by atoms with Crippen molar-refractivity contribution in [3.63, 3.8) is 0 Å². The predicted octanol–water partition coefficient (Wildman–Crippen LogP) is 7.06. The minimum atomic E-state index is -0.984. The molecular weight excluding hydrogens is 593 g/mol. The average molecular weight is 645 g/mol. The Bertz CT molecular complexity index is 1740. The van der Waals surface area contributed by atoms with Crippen molar-refractivity contribution in [1.29, 1.82) is 5.26 Å². The molecule has 0 amide bonds. The maximum atomic E-state index is 14.2. The molecule has 0 bridgehead atoms. The molecule has 46 heavy (non-hydrogen) atoms. The average Bonchev–Trinajstić information content (AvgIpc) is 3.44. The number of carbonyl (C=O) groups is 1. The summed E-state index contributed by atoms with van der Waals surface area (Å²) in [6, 6.07) is 5.57. The van der Waals surface area contributed by atoms with Crippen molar-refractivity contribution in [3.05, 3.63) is 60.1 Å². The van der Waals surface area contributed by atoms with E-state index in [2.05, 4.69) is 58.2 Å². The normalized spacial score (nSPS) is 12.7. The zero-order valence-electron chi connectivity index (χ0n) is 29.3. The van der Waals surface area contributed by atoms with Crippen LogP contribution in [0.2, 0.25) is 0 Å². The molecule has 3 rings (SSSR count). The number of aromatic hydroxyl groups is 1. The van der Waals surface area contributed by atoms with Crippen molar-refractivity contribution < 1.29 is 9.90 Å². The number of nitrogens with zero attached hydrogens (tertiary/aromatic N) is 4. The fraction of sp³-hybridized carbons (Fsp3) is 0.526. The molecule has 0 spiro atoms. The van der Waals surface area contributed by atoms with Crippen molar-refractivity contribution in [2.75, 3.05) is 18.0 Å². The van der Waals surface area contributed by atoms with Crippen molar-refractivity contribution in [2.45, 2.75) is 113 Å². The molecule has 8 heteroatoms. The summed E-state index contributed by atoms with van der Waals surface area (Å²) in [6.07, 6.45) is 8.59. The molecule has 0 fully saturated rings. The van der Waals surface area contributed by atoms with Crippen molar-refractivity contribution in [1.82, 2.24) is 9.55 Å². The molecule has 3 aromatic rings. The highest BCUT2D eigenvalue weighted by molar-refractivity contribution is 7.16. The second kappa shape index (κ2) is 15.7. The molecule has 0 saturated carbocycles. The highest BCUT2D eigenvalue weighted by Gasteiger charge is 2.31. The van der Waals surface area contributed by atoms with Gasteiger partial charge in [0, 0.05) is 34.5 Å². The quantitative estimate of drug-likeness (QED) is 0.202. The van der Waals surface area contributed by atoms with Crippen LogP contribution in [0.5, 0.6) is 5.88 Å². The van der Waals surface area contributed by atoms with E-state index in [-0.39, 0.29) is 21.8 Å². The van der Waals surface area contributed by atoms with Crippen LogP contribution in [-0.2, 0) is 24.1 Å². The topological polar surface area (TPSA) is 99.2 Å². The Morgan fingerprint density at radius 3 is 2.11 bits per heavy atom. The predicted molar refractivity (Wildman–Crippen MR) is 192 cm³/mol. The third-order valence-electron chi connectivity index (χ3n) is 8.67. The second-order valence-electron chi connectivity index (χ2n) is 13.1. The van der Waals surface area contributed by atoms with Gasteiger partial charge in [-0.1, -0.05) is 98.3 Å². The fourth-order valence-electron chi connectivity index (χ4n) is 5.89. The number of thiazole rings is 1. The number of benzene rings is 1. The first-order valence-corrected chi connectivity index (χ1v) is 17.6. The number of ketones is 1. The lowest BCUT2D eigenvalue weighted by Crippen LogP contribution is -2.48. The maximum absolute atomic E-state index is 14.2. The van der Waals surface area contributed by atoms with Crippen LogP contribution < -0.4 is 20.9 Å². The number of hydrogen-bond donors (Lipinski definition) is 1. The molecule has 1 aromatic carbocycles. The Hall–Kier alpha value is -3.70. The number of pyridine rings is 1. The molecular formula is C38H52N4O3S. The number of nitriles is 1. The number of aromatic nitrogens is 2. The molecule has 2 aromatic heterocycles. The van der Waals surface area contributed by atoms with Gasteiger partial charge < -0.3 is 10.0 Å². The molecule has 0 radical (unpaired) electrons. The molecule has 7 nitrogen and oxygen atoms in total. The molecule has 0 aliphatic heterocycles.